The van der Waals surface area contributed by atoms with Gasteiger partial charge in [-0.2, -0.15) is 4.98 Å². The van der Waals surface area contributed by atoms with Crippen molar-refractivity contribution in [3.8, 4) is 5.88 Å². The number of anilines is 2. The van der Waals surface area contributed by atoms with Crippen LogP contribution in [0.2, 0.25) is 0 Å². The van der Waals surface area contributed by atoms with Gasteiger partial charge in [0, 0.05) is 6.61 Å². The first-order chi connectivity index (χ1) is 8.63. The first-order valence-corrected chi connectivity index (χ1v) is 6.38. The molecule has 0 bridgehead atoms. The maximum atomic E-state index is 5.83. The standard InChI is InChI=1S/C13H21N3O2/c1-3-7-18-12-10(14)4-5-11(15-12)16-13(2)6-8-17-9-13/h4-5H,3,6-9,14H2,1-2H3,(H,15,16). The highest BCUT2D eigenvalue weighted by molar-refractivity contribution is 5.54. The van der Waals surface area contributed by atoms with Crippen LogP contribution < -0.4 is 15.8 Å². The lowest BCUT2D eigenvalue weighted by Gasteiger charge is -2.24. The first-order valence-electron chi connectivity index (χ1n) is 6.38. The third-order valence-corrected chi connectivity index (χ3v) is 2.98. The van der Waals surface area contributed by atoms with Crippen LogP contribution in [0.4, 0.5) is 11.5 Å². The number of rotatable bonds is 5. The predicted octanol–water partition coefficient (Wildman–Crippen LogP) is 2.04. The van der Waals surface area contributed by atoms with Crippen molar-refractivity contribution in [3.05, 3.63) is 12.1 Å². The lowest BCUT2D eigenvalue weighted by atomic mass is 10.0. The second-order valence-corrected chi connectivity index (χ2v) is 4.93. The largest absolute Gasteiger partial charge is 0.476 e. The molecular weight excluding hydrogens is 230 g/mol. The van der Waals surface area contributed by atoms with E-state index in [1.54, 1.807) is 0 Å². The fourth-order valence-corrected chi connectivity index (χ4v) is 1.91. The van der Waals surface area contributed by atoms with Crippen LogP contribution in [0.1, 0.15) is 26.7 Å². The maximum Gasteiger partial charge on any atom is 0.239 e. The van der Waals surface area contributed by atoms with Gasteiger partial charge < -0.3 is 20.5 Å². The first kappa shape index (κ1) is 13.0. The molecule has 1 aliphatic heterocycles. The normalized spacial score (nSPS) is 23.0. The van der Waals surface area contributed by atoms with Gasteiger partial charge >= 0.3 is 0 Å². The van der Waals surface area contributed by atoms with Gasteiger partial charge in [0.15, 0.2) is 0 Å². The van der Waals surface area contributed by atoms with Crippen LogP contribution in [-0.2, 0) is 4.74 Å². The summed E-state index contributed by atoms with van der Waals surface area (Å²) >= 11 is 0. The van der Waals surface area contributed by atoms with E-state index in [0.29, 0.717) is 24.8 Å². The molecule has 5 heteroatoms. The lowest BCUT2D eigenvalue weighted by molar-refractivity contribution is 0.185. The van der Waals surface area contributed by atoms with Crippen molar-refractivity contribution in [1.82, 2.24) is 4.98 Å². The third-order valence-electron chi connectivity index (χ3n) is 2.98. The smallest absolute Gasteiger partial charge is 0.239 e. The van der Waals surface area contributed by atoms with Gasteiger partial charge in [-0.3, -0.25) is 0 Å². The molecule has 0 radical (unpaired) electrons. The number of ether oxygens (including phenoxy) is 2. The highest BCUT2D eigenvalue weighted by Gasteiger charge is 2.29. The summed E-state index contributed by atoms with van der Waals surface area (Å²) in [4.78, 5) is 4.40. The Morgan fingerprint density at radius 3 is 3.06 bits per heavy atom. The van der Waals surface area contributed by atoms with Crippen molar-refractivity contribution >= 4 is 11.5 Å². The van der Waals surface area contributed by atoms with E-state index in [2.05, 4.69) is 24.1 Å². The summed E-state index contributed by atoms with van der Waals surface area (Å²) in [5.74, 6) is 1.28. The van der Waals surface area contributed by atoms with E-state index in [1.165, 1.54) is 0 Å². The van der Waals surface area contributed by atoms with Crippen LogP contribution in [0.5, 0.6) is 5.88 Å². The molecule has 0 spiro atoms. The van der Waals surface area contributed by atoms with Crippen molar-refractivity contribution in [2.45, 2.75) is 32.2 Å². The van der Waals surface area contributed by atoms with Gasteiger partial charge in [-0.25, -0.2) is 0 Å². The summed E-state index contributed by atoms with van der Waals surface area (Å²) in [6.07, 6.45) is 1.91. The minimum atomic E-state index is -0.0505. The molecular formula is C13H21N3O2. The summed E-state index contributed by atoms with van der Waals surface area (Å²) in [5, 5.41) is 3.39. The van der Waals surface area contributed by atoms with Crippen LogP contribution in [-0.4, -0.2) is 30.3 Å². The summed E-state index contributed by atoms with van der Waals surface area (Å²) < 4.78 is 10.9. The van der Waals surface area contributed by atoms with E-state index in [0.717, 1.165) is 25.3 Å². The topological polar surface area (TPSA) is 69.4 Å². The van der Waals surface area contributed by atoms with Crippen LogP contribution in [0.25, 0.3) is 0 Å². The van der Waals surface area contributed by atoms with Crippen molar-refractivity contribution in [2.24, 2.45) is 0 Å². The van der Waals surface area contributed by atoms with Crippen molar-refractivity contribution in [2.75, 3.05) is 30.9 Å². The van der Waals surface area contributed by atoms with Crippen LogP contribution in [0.3, 0.4) is 0 Å². The molecule has 1 aromatic rings. The zero-order chi connectivity index (χ0) is 13.0. The molecule has 2 heterocycles. The van der Waals surface area contributed by atoms with Gasteiger partial charge in [-0.1, -0.05) is 6.92 Å². The van der Waals surface area contributed by atoms with E-state index >= 15 is 0 Å². The van der Waals surface area contributed by atoms with E-state index in [4.69, 9.17) is 15.2 Å². The molecule has 0 amide bonds. The number of nitrogens with two attached hydrogens (primary N) is 1. The molecule has 1 saturated heterocycles. The van der Waals surface area contributed by atoms with Crippen molar-refractivity contribution in [1.29, 1.82) is 0 Å². The Kier molecular flexibility index (Phi) is 3.91. The Labute approximate surface area is 108 Å². The van der Waals surface area contributed by atoms with Gasteiger partial charge in [0.25, 0.3) is 0 Å². The summed E-state index contributed by atoms with van der Waals surface area (Å²) in [7, 11) is 0. The Bertz CT molecular complexity index is 403. The Hall–Kier alpha value is -1.49. The molecule has 1 aliphatic rings. The van der Waals surface area contributed by atoms with Gasteiger partial charge in [-0.15, -0.1) is 0 Å². The van der Waals surface area contributed by atoms with Crippen LogP contribution in [0.15, 0.2) is 12.1 Å². The molecule has 1 fully saturated rings. The molecule has 2 rings (SSSR count). The monoisotopic (exact) mass is 251 g/mol. The predicted molar refractivity (Wildman–Crippen MR) is 71.9 cm³/mol. The van der Waals surface area contributed by atoms with E-state index in [1.807, 2.05) is 12.1 Å². The van der Waals surface area contributed by atoms with Crippen molar-refractivity contribution in [3.63, 3.8) is 0 Å². The SMILES string of the molecule is CCCOc1nc(NC2(C)CCOC2)ccc1N. The van der Waals surface area contributed by atoms with E-state index in [9.17, 15) is 0 Å². The fourth-order valence-electron chi connectivity index (χ4n) is 1.91. The quantitative estimate of drug-likeness (QED) is 0.838. The Balaban J connectivity index is 2.08. The number of hydrogen-bond acceptors (Lipinski definition) is 5. The minimum absolute atomic E-state index is 0.0505. The van der Waals surface area contributed by atoms with Crippen LogP contribution in [0, 0.1) is 0 Å². The number of nitrogen functional groups attached to an aromatic ring is 1. The zero-order valence-corrected chi connectivity index (χ0v) is 11.0. The second-order valence-electron chi connectivity index (χ2n) is 4.93. The average molecular weight is 251 g/mol. The highest BCUT2D eigenvalue weighted by Crippen LogP contribution is 2.26. The molecule has 1 unspecified atom stereocenters. The van der Waals surface area contributed by atoms with Crippen molar-refractivity contribution < 1.29 is 9.47 Å². The molecule has 5 nitrogen and oxygen atoms in total. The summed E-state index contributed by atoms with van der Waals surface area (Å²) in [6.45, 7) is 6.29. The number of aromatic nitrogens is 1. The molecule has 0 aliphatic carbocycles. The number of nitrogens with zero attached hydrogens (tertiary/aromatic N) is 1. The Morgan fingerprint density at radius 2 is 2.39 bits per heavy atom. The third kappa shape index (κ3) is 3.04. The molecule has 0 saturated carbocycles. The summed E-state index contributed by atoms with van der Waals surface area (Å²) in [5.41, 5.74) is 6.35. The minimum Gasteiger partial charge on any atom is -0.476 e. The Morgan fingerprint density at radius 1 is 1.56 bits per heavy atom. The second kappa shape index (κ2) is 5.44. The number of pyridine rings is 1. The molecule has 18 heavy (non-hydrogen) atoms. The van der Waals surface area contributed by atoms with E-state index in [-0.39, 0.29) is 5.54 Å². The molecule has 1 aromatic heterocycles. The van der Waals surface area contributed by atoms with Gasteiger partial charge in [0.05, 0.1) is 24.4 Å². The molecule has 100 valence electrons. The van der Waals surface area contributed by atoms with Gasteiger partial charge in [-0.05, 0) is 31.9 Å². The zero-order valence-electron chi connectivity index (χ0n) is 11.0. The lowest BCUT2D eigenvalue weighted by Crippen LogP contribution is -2.35. The van der Waals surface area contributed by atoms with E-state index < -0.39 is 0 Å². The van der Waals surface area contributed by atoms with Gasteiger partial charge in [0.1, 0.15) is 5.82 Å². The highest BCUT2D eigenvalue weighted by atomic mass is 16.5. The molecule has 0 aromatic carbocycles. The molecule has 1 atom stereocenters. The maximum absolute atomic E-state index is 5.83. The van der Waals surface area contributed by atoms with Crippen LogP contribution >= 0.6 is 0 Å². The number of hydrogen-bond donors (Lipinski definition) is 2. The average Bonchev–Trinajstić information content (AvgIpc) is 2.76. The summed E-state index contributed by atoms with van der Waals surface area (Å²) in [6, 6.07) is 3.69. The molecule has 3 N–H and O–H groups in total. The van der Waals surface area contributed by atoms with Gasteiger partial charge in [0.2, 0.25) is 5.88 Å². The number of nitrogens with one attached hydrogen (secondary N) is 1. The fraction of sp³-hybridized carbons (Fsp3) is 0.615.